The van der Waals surface area contributed by atoms with Gasteiger partial charge in [0.1, 0.15) is 36.8 Å². The largest absolute Gasteiger partial charge is 0.462 e. The number of unbranched alkanes of at least 4 members (excludes halogenated alkanes) is 18. The fraction of sp³-hybridized carbons (Fsp3) is 0.736. The number of rotatable bonds is 42. The topological polar surface area (TPSA) is 186 Å². The average molecular weight is 951 g/mol. The summed E-state index contributed by atoms with van der Waals surface area (Å²) in [4.78, 5) is 25.5. The summed E-state index contributed by atoms with van der Waals surface area (Å²) in [6, 6.07) is 0. The SMILES string of the molecule is CC/C=C/C/C=C/C/C=C/C/C=C/C/C=C/CCCC(=O)O[C@H](COC(=O)CCCCCCCCCCCCC/C=C/CCCCCCCC)CO[C@H]1O[C@H](CS(=O)(=O)O)[C@@H](O)C(O)C1O. The quantitative estimate of drug-likeness (QED) is 0.0197. The first-order chi connectivity index (χ1) is 32.0. The van der Waals surface area contributed by atoms with Gasteiger partial charge in [0.15, 0.2) is 12.4 Å². The van der Waals surface area contributed by atoms with Crippen LogP contribution in [0.3, 0.4) is 0 Å². The Bertz CT molecular complexity index is 1490. The van der Waals surface area contributed by atoms with Crippen molar-refractivity contribution in [3.63, 3.8) is 0 Å². The molecule has 1 fully saturated rings. The maximum atomic E-state index is 12.8. The molecular weight excluding hydrogens is 861 g/mol. The molecule has 1 saturated heterocycles. The lowest BCUT2D eigenvalue weighted by Gasteiger charge is -2.40. The van der Waals surface area contributed by atoms with Crippen LogP contribution in [0.5, 0.6) is 0 Å². The predicted octanol–water partition coefficient (Wildman–Crippen LogP) is 11.5. The van der Waals surface area contributed by atoms with Crippen LogP contribution >= 0.6 is 0 Å². The maximum absolute atomic E-state index is 12.8. The second-order valence-electron chi connectivity index (χ2n) is 17.4. The van der Waals surface area contributed by atoms with Crippen molar-refractivity contribution in [2.24, 2.45) is 0 Å². The summed E-state index contributed by atoms with van der Waals surface area (Å²) in [5.41, 5.74) is 0. The van der Waals surface area contributed by atoms with Gasteiger partial charge in [0.05, 0.1) is 6.61 Å². The zero-order valence-electron chi connectivity index (χ0n) is 40.8. The van der Waals surface area contributed by atoms with Gasteiger partial charge < -0.3 is 34.3 Å². The van der Waals surface area contributed by atoms with E-state index in [-0.39, 0.29) is 19.4 Å². The molecule has 6 atom stereocenters. The van der Waals surface area contributed by atoms with Gasteiger partial charge in [-0.25, -0.2) is 0 Å². The molecule has 0 radical (unpaired) electrons. The number of aliphatic hydroxyl groups is 3. The Kier molecular flexibility index (Phi) is 39.1. The van der Waals surface area contributed by atoms with E-state index in [4.69, 9.17) is 18.9 Å². The van der Waals surface area contributed by atoms with Crippen LogP contribution < -0.4 is 0 Å². The molecule has 0 aliphatic carbocycles. The minimum Gasteiger partial charge on any atom is -0.462 e. The van der Waals surface area contributed by atoms with Crippen molar-refractivity contribution in [2.75, 3.05) is 19.0 Å². The van der Waals surface area contributed by atoms with Crippen LogP contribution in [0.25, 0.3) is 0 Å². The summed E-state index contributed by atoms with van der Waals surface area (Å²) in [5.74, 6) is -2.06. The molecule has 1 heterocycles. The van der Waals surface area contributed by atoms with E-state index in [1.54, 1.807) is 0 Å². The van der Waals surface area contributed by atoms with Gasteiger partial charge in [0.25, 0.3) is 10.1 Å². The van der Waals surface area contributed by atoms with E-state index in [1.165, 1.54) is 96.3 Å². The van der Waals surface area contributed by atoms with Crippen molar-refractivity contribution in [1.82, 2.24) is 0 Å². The molecule has 13 heteroatoms. The van der Waals surface area contributed by atoms with Crippen LogP contribution in [0.2, 0.25) is 0 Å². The summed E-state index contributed by atoms with van der Waals surface area (Å²) >= 11 is 0. The number of carbonyl (C=O) groups is 2. The van der Waals surface area contributed by atoms with Crippen LogP contribution in [0, 0.1) is 0 Å². The highest BCUT2D eigenvalue weighted by Crippen LogP contribution is 2.24. The summed E-state index contributed by atoms with van der Waals surface area (Å²) in [6.45, 7) is 3.61. The van der Waals surface area contributed by atoms with Crippen LogP contribution in [0.15, 0.2) is 72.9 Å². The molecule has 0 amide bonds. The molecule has 1 rings (SSSR count). The number of hydrogen-bond acceptors (Lipinski definition) is 11. The van der Waals surface area contributed by atoms with Crippen molar-refractivity contribution in [1.29, 1.82) is 0 Å². The molecule has 12 nitrogen and oxygen atoms in total. The van der Waals surface area contributed by atoms with Crippen molar-refractivity contribution in [2.45, 2.75) is 230 Å². The van der Waals surface area contributed by atoms with E-state index < -0.39 is 71.2 Å². The van der Waals surface area contributed by atoms with E-state index in [2.05, 4.69) is 74.6 Å². The van der Waals surface area contributed by atoms with Gasteiger partial charge in [-0.1, -0.05) is 177 Å². The third-order valence-corrected chi connectivity index (χ3v) is 12.0. The summed E-state index contributed by atoms with van der Waals surface area (Å²) in [7, 11) is -4.62. The highest BCUT2D eigenvalue weighted by Gasteiger charge is 2.46. The first-order valence-electron chi connectivity index (χ1n) is 25.5. The number of carbonyl (C=O) groups excluding carboxylic acids is 2. The average Bonchev–Trinajstić information content (AvgIpc) is 3.28. The molecular formula is C53H90O12S. The standard InChI is InChI=1S/C53H90O12S/c1-3-5-7-9-11-13-15-17-19-21-22-23-24-26-27-29-31-33-35-37-39-41-48(54)62-43-46(44-63-53-52(58)51(57)50(56)47(65-53)45-66(59,60)61)64-49(55)42-40-38-36-34-32-30-28-25-20-18-16-14-12-10-8-6-4-2/h6,8,12,14,17-20,28,30,34,36,46-47,50-53,56-58H,3-5,7,9-11,13,15-16,21-27,29,31-33,35,37-45H2,1-2H3,(H,59,60,61)/b8-6+,14-12+,19-17+,20-18+,30-28+,36-34+/t46-,47-,50-,51?,52?,53+/m1/s1. The normalized spacial score (nSPS) is 20.0. The molecule has 0 bridgehead atoms. The zero-order valence-corrected chi connectivity index (χ0v) is 41.6. The molecule has 1 aliphatic heterocycles. The van der Waals surface area contributed by atoms with E-state index in [0.29, 0.717) is 19.3 Å². The van der Waals surface area contributed by atoms with E-state index in [9.17, 15) is 37.9 Å². The Morgan fingerprint density at radius 2 is 0.970 bits per heavy atom. The highest BCUT2D eigenvalue weighted by atomic mass is 32.2. The molecule has 0 spiro atoms. The fourth-order valence-electron chi connectivity index (χ4n) is 7.35. The lowest BCUT2D eigenvalue weighted by atomic mass is 10.00. The number of esters is 2. The molecule has 1 aliphatic rings. The molecule has 0 aromatic heterocycles. The molecule has 380 valence electrons. The van der Waals surface area contributed by atoms with Crippen LogP contribution in [-0.2, 0) is 38.7 Å². The van der Waals surface area contributed by atoms with Gasteiger partial charge in [0.2, 0.25) is 0 Å². The van der Waals surface area contributed by atoms with Crippen molar-refractivity contribution < 1.29 is 56.8 Å². The summed E-state index contributed by atoms with van der Waals surface area (Å²) < 4.78 is 54.2. The Morgan fingerprint density at radius 3 is 1.48 bits per heavy atom. The summed E-state index contributed by atoms with van der Waals surface area (Å²) in [5, 5.41) is 31.0. The van der Waals surface area contributed by atoms with Crippen molar-refractivity contribution in [3.8, 4) is 0 Å². The predicted molar refractivity (Wildman–Crippen MR) is 265 cm³/mol. The second kappa shape index (κ2) is 42.2. The monoisotopic (exact) mass is 951 g/mol. The van der Waals surface area contributed by atoms with Gasteiger partial charge in [-0.15, -0.1) is 0 Å². The van der Waals surface area contributed by atoms with E-state index in [0.717, 1.165) is 51.4 Å². The number of aliphatic hydroxyl groups excluding tert-OH is 3. The molecule has 0 aromatic rings. The molecule has 4 N–H and O–H groups in total. The van der Waals surface area contributed by atoms with Crippen LogP contribution in [0.1, 0.15) is 194 Å². The van der Waals surface area contributed by atoms with Gasteiger partial charge >= 0.3 is 11.9 Å². The van der Waals surface area contributed by atoms with Gasteiger partial charge in [-0.2, -0.15) is 8.42 Å². The lowest BCUT2D eigenvalue weighted by molar-refractivity contribution is -0.297. The first kappa shape index (κ1) is 61.1. The van der Waals surface area contributed by atoms with Crippen LogP contribution in [-0.4, -0.2) is 96.0 Å². The smallest absolute Gasteiger partial charge is 0.306 e. The van der Waals surface area contributed by atoms with Gasteiger partial charge in [-0.05, 0) is 77.0 Å². The number of hydrogen-bond donors (Lipinski definition) is 4. The Morgan fingerprint density at radius 1 is 0.530 bits per heavy atom. The van der Waals surface area contributed by atoms with Crippen molar-refractivity contribution >= 4 is 22.1 Å². The lowest BCUT2D eigenvalue weighted by Crippen LogP contribution is -2.60. The Labute approximate surface area is 399 Å². The van der Waals surface area contributed by atoms with Crippen molar-refractivity contribution in [3.05, 3.63) is 72.9 Å². The highest BCUT2D eigenvalue weighted by molar-refractivity contribution is 7.85. The van der Waals surface area contributed by atoms with Gasteiger partial charge in [0, 0.05) is 12.8 Å². The molecule has 0 aromatic carbocycles. The zero-order chi connectivity index (χ0) is 48.4. The van der Waals surface area contributed by atoms with E-state index >= 15 is 0 Å². The molecule has 66 heavy (non-hydrogen) atoms. The van der Waals surface area contributed by atoms with E-state index in [1.807, 2.05) is 12.2 Å². The third-order valence-electron chi connectivity index (χ3n) is 11.3. The fourth-order valence-corrected chi connectivity index (χ4v) is 8.05. The third kappa shape index (κ3) is 36.2. The minimum atomic E-state index is -4.62. The Hall–Kier alpha value is -2.91. The Balaban J connectivity index is 2.41. The second-order valence-corrected chi connectivity index (χ2v) is 18.9. The maximum Gasteiger partial charge on any atom is 0.306 e. The summed E-state index contributed by atoms with van der Waals surface area (Å²) in [6.07, 6.45) is 45.2. The minimum absolute atomic E-state index is 0.0832. The first-order valence-corrected chi connectivity index (χ1v) is 27.1. The number of allylic oxidation sites excluding steroid dienone is 12. The molecule has 0 saturated carbocycles. The van der Waals surface area contributed by atoms with Gasteiger partial charge in [-0.3, -0.25) is 14.1 Å². The number of ether oxygens (including phenoxy) is 4. The molecule has 2 unspecified atom stereocenters. The van der Waals surface area contributed by atoms with Crippen LogP contribution in [0.4, 0.5) is 0 Å².